The quantitative estimate of drug-likeness (QED) is 0.597. The first-order valence-corrected chi connectivity index (χ1v) is 7.96. The minimum atomic E-state index is -1.27. The Bertz CT molecular complexity index is 773. The van der Waals surface area contributed by atoms with E-state index in [2.05, 4.69) is 0 Å². The molecule has 0 N–H and O–H groups in total. The molecule has 0 unspecified atom stereocenters. The molecule has 2 aliphatic rings. The van der Waals surface area contributed by atoms with Crippen LogP contribution in [0.1, 0.15) is 18.1 Å². The summed E-state index contributed by atoms with van der Waals surface area (Å²) in [5.41, 5.74) is 0.141. The average molecular weight is 347 g/mol. The molecule has 1 fully saturated rings. The van der Waals surface area contributed by atoms with Crippen LogP contribution in [0.25, 0.3) is 0 Å². The fourth-order valence-corrected chi connectivity index (χ4v) is 4.16. The number of nitrogens with zero attached hydrogens (tertiary/aromatic N) is 1. The number of benzene rings is 1. The Morgan fingerprint density at radius 2 is 1.72 bits per heavy atom. The molecule has 1 aromatic carbocycles. The van der Waals surface area contributed by atoms with E-state index in [0.717, 1.165) is 10.5 Å². The van der Waals surface area contributed by atoms with Crippen molar-refractivity contribution in [2.45, 2.75) is 18.8 Å². The predicted molar refractivity (Wildman–Crippen MR) is 87.4 cm³/mol. The highest BCUT2D eigenvalue weighted by Crippen LogP contribution is 2.51. The Morgan fingerprint density at radius 3 is 2.28 bits per heavy atom. The van der Waals surface area contributed by atoms with Gasteiger partial charge in [-0.15, -0.1) is 0 Å². The fourth-order valence-electron chi connectivity index (χ4n) is 4.16. The van der Waals surface area contributed by atoms with Crippen molar-refractivity contribution in [1.29, 1.82) is 0 Å². The molecule has 3 atom stereocenters. The van der Waals surface area contributed by atoms with E-state index in [1.54, 1.807) is 19.1 Å². The van der Waals surface area contributed by atoms with Gasteiger partial charge in [0.05, 0.1) is 33.2 Å². The maximum absolute atomic E-state index is 12.7. The summed E-state index contributed by atoms with van der Waals surface area (Å²) in [5, 5.41) is 0. The van der Waals surface area contributed by atoms with Crippen molar-refractivity contribution in [1.82, 2.24) is 4.90 Å². The van der Waals surface area contributed by atoms with Crippen molar-refractivity contribution in [2.75, 3.05) is 28.4 Å². The molecule has 1 saturated heterocycles. The zero-order chi connectivity index (χ0) is 18.5. The number of ether oxygens (including phenoxy) is 3. The molecule has 0 bridgehead atoms. The van der Waals surface area contributed by atoms with Gasteiger partial charge in [0.1, 0.15) is 5.41 Å². The second-order valence-electron chi connectivity index (χ2n) is 6.58. The van der Waals surface area contributed by atoms with Gasteiger partial charge in [-0.05, 0) is 36.6 Å². The van der Waals surface area contributed by atoms with Gasteiger partial charge < -0.3 is 14.2 Å². The van der Waals surface area contributed by atoms with E-state index < -0.39 is 23.2 Å². The summed E-state index contributed by atoms with van der Waals surface area (Å²) in [6, 6.07) is 3.47. The van der Waals surface area contributed by atoms with Crippen molar-refractivity contribution in [2.24, 2.45) is 11.8 Å². The van der Waals surface area contributed by atoms with Crippen LogP contribution < -0.4 is 9.47 Å². The maximum atomic E-state index is 12.7. The Morgan fingerprint density at radius 1 is 1.12 bits per heavy atom. The van der Waals surface area contributed by atoms with Gasteiger partial charge in [0.15, 0.2) is 11.5 Å². The summed E-state index contributed by atoms with van der Waals surface area (Å²) in [5.74, 6) is -1.59. The molecule has 134 valence electrons. The summed E-state index contributed by atoms with van der Waals surface area (Å²) >= 11 is 0. The van der Waals surface area contributed by atoms with Gasteiger partial charge in [-0.2, -0.15) is 0 Å². The number of fused-ring (bicyclic) bond motifs is 2. The minimum Gasteiger partial charge on any atom is -0.493 e. The molecule has 2 amide bonds. The Hall–Kier alpha value is -2.57. The van der Waals surface area contributed by atoms with Crippen molar-refractivity contribution >= 4 is 17.8 Å². The lowest BCUT2D eigenvalue weighted by atomic mass is 9.60. The van der Waals surface area contributed by atoms with Crippen molar-refractivity contribution in [3.63, 3.8) is 0 Å². The van der Waals surface area contributed by atoms with Gasteiger partial charge in [-0.3, -0.25) is 19.3 Å². The van der Waals surface area contributed by atoms with Crippen LogP contribution in [0.2, 0.25) is 0 Å². The van der Waals surface area contributed by atoms with Crippen LogP contribution in [-0.4, -0.2) is 51.1 Å². The molecule has 0 aromatic heterocycles. The van der Waals surface area contributed by atoms with Gasteiger partial charge in [0.2, 0.25) is 11.8 Å². The minimum absolute atomic E-state index is 0.273. The highest BCUT2D eigenvalue weighted by molar-refractivity contribution is 6.09. The number of esters is 1. The van der Waals surface area contributed by atoms with E-state index in [-0.39, 0.29) is 11.8 Å². The van der Waals surface area contributed by atoms with Gasteiger partial charge in [0.25, 0.3) is 0 Å². The first-order valence-electron chi connectivity index (χ1n) is 7.96. The van der Waals surface area contributed by atoms with Gasteiger partial charge >= 0.3 is 5.97 Å². The molecule has 0 radical (unpaired) electrons. The third-order valence-electron chi connectivity index (χ3n) is 5.49. The van der Waals surface area contributed by atoms with Crippen molar-refractivity contribution in [3.05, 3.63) is 23.3 Å². The summed E-state index contributed by atoms with van der Waals surface area (Å²) in [7, 11) is 5.76. The van der Waals surface area contributed by atoms with Crippen LogP contribution in [0.5, 0.6) is 11.5 Å². The predicted octanol–water partition coefficient (Wildman–Crippen LogP) is 0.922. The Balaban J connectivity index is 2.29. The molecular formula is C18H21NO6. The number of carbonyl (C=O) groups excluding carboxylic acids is 3. The lowest BCUT2D eigenvalue weighted by molar-refractivity contribution is -0.153. The fraction of sp³-hybridized carbons (Fsp3) is 0.500. The van der Waals surface area contributed by atoms with E-state index in [0.29, 0.717) is 23.5 Å². The van der Waals surface area contributed by atoms with Gasteiger partial charge in [0, 0.05) is 7.05 Å². The maximum Gasteiger partial charge on any atom is 0.316 e. The Labute approximate surface area is 145 Å². The average Bonchev–Trinajstić information content (AvgIpc) is 2.84. The summed E-state index contributed by atoms with van der Waals surface area (Å²) < 4.78 is 15.7. The molecule has 1 aliphatic carbocycles. The normalized spacial score (nSPS) is 27.6. The third-order valence-corrected chi connectivity index (χ3v) is 5.49. The van der Waals surface area contributed by atoms with Crippen LogP contribution >= 0.6 is 0 Å². The Kier molecular flexibility index (Phi) is 3.97. The lowest BCUT2D eigenvalue weighted by Gasteiger charge is -2.40. The molecular weight excluding hydrogens is 326 g/mol. The molecule has 7 heteroatoms. The third kappa shape index (κ3) is 2.14. The highest BCUT2D eigenvalue weighted by atomic mass is 16.5. The van der Waals surface area contributed by atoms with Crippen LogP contribution in [0, 0.1) is 11.8 Å². The summed E-state index contributed by atoms with van der Waals surface area (Å²) in [4.78, 5) is 39.1. The summed E-state index contributed by atoms with van der Waals surface area (Å²) in [6.45, 7) is 1.66. The van der Waals surface area contributed by atoms with Crippen LogP contribution in [-0.2, 0) is 31.0 Å². The molecule has 3 rings (SSSR count). The number of rotatable bonds is 3. The zero-order valence-corrected chi connectivity index (χ0v) is 14.9. The number of imide groups is 1. The first kappa shape index (κ1) is 17.3. The number of likely N-dealkylation sites (tertiary alicyclic amines) is 1. The zero-order valence-electron chi connectivity index (χ0n) is 14.9. The van der Waals surface area contributed by atoms with Crippen molar-refractivity contribution in [3.8, 4) is 11.5 Å². The molecule has 1 heterocycles. The largest absolute Gasteiger partial charge is 0.493 e. The van der Waals surface area contributed by atoms with E-state index in [4.69, 9.17) is 14.2 Å². The lowest BCUT2D eigenvalue weighted by Crippen LogP contribution is -2.50. The molecule has 7 nitrogen and oxygen atoms in total. The molecule has 0 saturated carbocycles. The first-order chi connectivity index (χ1) is 11.8. The molecule has 0 spiro atoms. The number of amides is 2. The second-order valence-corrected chi connectivity index (χ2v) is 6.58. The van der Waals surface area contributed by atoms with E-state index in [1.165, 1.54) is 28.4 Å². The molecule has 1 aliphatic heterocycles. The van der Waals surface area contributed by atoms with Crippen molar-refractivity contribution < 1.29 is 28.6 Å². The van der Waals surface area contributed by atoms with Gasteiger partial charge in [-0.25, -0.2) is 0 Å². The monoisotopic (exact) mass is 347 g/mol. The highest BCUT2D eigenvalue weighted by Gasteiger charge is 2.61. The van der Waals surface area contributed by atoms with Crippen LogP contribution in [0.3, 0.4) is 0 Å². The van der Waals surface area contributed by atoms with Crippen LogP contribution in [0.4, 0.5) is 0 Å². The van der Waals surface area contributed by atoms with E-state index in [1.807, 2.05) is 0 Å². The van der Waals surface area contributed by atoms with Crippen LogP contribution in [0.15, 0.2) is 12.1 Å². The number of hydrogen-bond acceptors (Lipinski definition) is 6. The van der Waals surface area contributed by atoms with E-state index in [9.17, 15) is 14.4 Å². The molecule has 25 heavy (non-hydrogen) atoms. The molecule has 1 aromatic rings. The topological polar surface area (TPSA) is 82.1 Å². The number of carbonyl (C=O) groups is 3. The standard InChI is InChI=1S/C18H21NO6/c1-18(17(22)25-5)11-8-13(24-4)12(23-3)7-9(11)6-10-14(18)16(21)19(2)15(10)20/h7-8,10,14H,6H2,1-5H3/t10-,14+,18-/m1/s1. The smallest absolute Gasteiger partial charge is 0.316 e. The second kappa shape index (κ2) is 5.75. The number of hydrogen-bond donors (Lipinski definition) is 0. The number of methoxy groups -OCH3 is 3. The summed E-state index contributed by atoms with van der Waals surface area (Å²) in [6.07, 6.45) is 0.363. The van der Waals surface area contributed by atoms with Gasteiger partial charge in [-0.1, -0.05) is 0 Å². The van der Waals surface area contributed by atoms with E-state index >= 15 is 0 Å². The SMILES string of the molecule is COC(=O)[C@]1(C)c2cc(OC)c(OC)cc2C[C@H]2C(=O)N(C)C(=O)[C@H]21.